The number of hydrogen-bond acceptors (Lipinski definition) is 13. The van der Waals surface area contributed by atoms with Crippen LogP contribution in [0.5, 0.6) is 11.5 Å². The van der Waals surface area contributed by atoms with Crippen molar-refractivity contribution in [1.29, 1.82) is 0 Å². The fourth-order valence-electron chi connectivity index (χ4n) is 8.05. The highest BCUT2D eigenvalue weighted by atomic mass is 19.1. The Morgan fingerprint density at radius 3 is 1.18 bits per heavy atom. The van der Waals surface area contributed by atoms with E-state index >= 15 is 31.9 Å². The molecule has 0 aliphatic heterocycles. The SMILES string of the molecule is CC(C)[C@](N)(C(=O)N[C@@H](CCC(=O)O)C(=O)C(Oc1c(F)cccc1F)C(=O)C(Oc1c(F)cccc1F)C(=O)[C@H](CCC(=O)O)NC(=O)[C@](N)(c1ccc2ccccc2n1)C(C)C)c1ccc2ccccc2n1. The lowest BCUT2D eigenvalue weighted by Gasteiger charge is -2.34. The summed E-state index contributed by atoms with van der Waals surface area (Å²) in [5.41, 5.74) is 10.1. The van der Waals surface area contributed by atoms with Crippen molar-refractivity contribution in [2.45, 2.75) is 88.7 Å². The molecule has 2 amide bonds. The second-order valence-electron chi connectivity index (χ2n) is 18.0. The molecule has 0 radical (unpaired) electrons. The fourth-order valence-corrected chi connectivity index (χ4v) is 8.05. The second kappa shape index (κ2) is 23.1. The van der Waals surface area contributed by atoms with Gasteiger partial charge in [-0.3, -0.25) is 43.5 Å². The number of carboxylic acid groups (broad SMARTS) is 2. The summed E-state index contributed by atoms with van der Waals surface area (Å²) in [6.45, 7) is 6.13. The van der Waals surface area contributed by atoms with Crippen molar-refractivity contribution in [3.05, 3.63) is 144 Å². The van der Waals surface area contributed by atoms with Gasteiger partial charge in [0.1, 0.15) is 11.1 Å². The zero-order chi connectivity index (χ0) is 54.2. The van der Waals surface area contributed by atoms with Crippen molar-refractivity contribution in [1.82, 2.24) is 20.6 Å². The molecule has 0 bridgehead atoms. The molecular weight excluding hydrogens is 973 g/mol. The molecular formula is C53H52F4N6O11. The zero-order valence-electron chi connectivity index (χ0n) is 40.3. The quantitative estimate of drug-likeness (QED) is 0.0301. The minimum Gasteiger partial charge on any atom is -0.481 e. The topological polar surface area (TPSA) is 280 Å². The second-order valence-corrected chi connectivity index (χ2v) is 18.0. The van der Waals surface area contributed by atoms with E-state index in [0.29, 0.717) is 46.1 Å². The highest BCUT2D eigenvalue weighted by Gasteiger charge is 2.49. The molecule has 388 valence electrons. The first-order chi connectivity index (χ1) is 35.0. The summed E-state index contributed by atoms with van der Waals surface area (Å²) in [5, 5.41) is 25.6. The summed E-state index contributed by atoms with van der Waals surface area (Å²) in [7, 11) is 0. The number of halogens is 4. The number of amides is 2. The maximum absolute atomic E-state index is 15.5. The molecule has 74 heavy (non-hydrogen) atoms. The molecule has 0 saturated heterocycles. The van der Waals surface area contributed by atoms with E-state index in [-0.39, 0.29) is 11.4 Å². The van der Waals surface area contributed by atoms with Gasteiger partial charge in [-0.2, -0.15) is 0 Å². The molecule has 6 aromatic rings. The minimum atomic E-state index is -3.05. The minimum absolute atomic E-state index is 0.0266. The number of benzene rings is 4. The normalized spacial score (nSPS) is 14.8. The number of carboxylic acids is 2. The zero-order valence-corrected chi connectivity index (χ0v) is 40.3. The van der Waals surface area contributed by atoms with E-state index in [9.17, 15) is 29.4 Å². The molecule has 4 aromatic carbocycles. The van der Waals surface area contributed by atoms with Crippen molar-refractivity contribution >= 4 is 62.9 Å². The number of aliphatic carboxylic acids is 2. The Morgan fingerprint density at radius 1 is 0.514 bits per heavy atom. The van der Waals surface area contributed by atoms with Gasteiger partial charge in [0.2, 0.25) is 41.4 Å². The van der Waals surface area contributed by atoms with Gasteiger partial charge >= 0.3 is 11.9 Å². The Kier molecular flexibility index (Phi) is 17.2. The van der Waals surface area contributed by atoms with Crippen molar-refractivity contribution < 1.29 is 70.8 Å². The molecule has 21 heteroatoms. The van der Waals surface area contributed by atoms with Crippen LogP contribution in [0.3, 0.4) is 0 Å². The molecule has 2 unspecified atom stereocenters. The number of para-hydroxylation sites is 4. The van der Waals surface area contributed by atoms with Crippen LogP contribution in [0, 0.1) is 35.1 Å². The number of nitrogens with two attached hydrogens (primary N) is 2. The van der Waals surface area contributed by atoms with E-state index in [1.165, 1.54) is 39.8 Å². The first-order valence-electron chi connectivity index (χ1n) is 23.2. The van der Waals surface area contributed by atoms with Gasteiger partial charge in [-0.15, -0.1) is 0 Å². The maximum Gasteiger partial charge on any atom is 0.303 e. The number of fused-ring (bicyclic) bond motifs is 2. The Bertz CT molecular complexity index is 2900. The first-order valence-corrected chi connectivity index (χ1v) is 23.2. The molecule has 0 aliphatic rings. The average Bonchev–Trinajstić information content (AvgIpc) is 3.36. The summed E-state index contributed by atoms with van der Waals surface area (Å²) in [5.74, 6) is -21.4. The number of carbonyl (C=O) groups is 7. The highest BCUT2D eigenvalue weighted by molar-refractivity contribution is 6.19. The number of nitrogens with one attached hydrogen (secondary N) is 2. The third kappa shape index (κ3) is 11.8. The van der Waals surface area contributed by atoms with E-state index < -0.39 is 149 Å². The van der Waals surface area contributed by atoms with Crippen LogP contribution in [0.15, 0.2) is 109 Å². The lowest BCUT2D eigenvalue weighted by molar-refractivity contribution is -0.149. The number of ether oxygens (including phenoxy) is 2. The molecule has 0 fully saturated rings. The molecule has 2 aromatic heterocycles. The smallest absolute Gasteiger partial charge is 0.303 e. The first kappa shape index (κ1) is 55.1. The molecule has 0 aliphatic carbocycles. The van der Waals surface area contributed by atoms with E-state index in [4.69, 9.17) is 20.9 Å². The van der Waals surface area contributed by atoms with Crippen molar-refractivity contribution in [2.24, 2.45) is 23.3 Å². The average molecular weight is 1030 g/mol. The Hall–Kier alpha value is -8.17. The Labute approximate surface area is 420 Å². The van der Waals surface area contributed by atoms with Crippen LogP contribution in [0.4, 0.5) is 17.6 Å². The van der Waals surface area contributed by atoms with Crippen LogP contribution in [0.2, 0.25) is 0 Å². The number of ketones is 3. The van der Waals surface area contributed by atoms with Crippen LogP contribution >= 0.6 is 0 Å². The maximum atomic E-state index is 15.5. The van der Waals surface area contributed by atoms with Gasteiger partial charge in [0.25, 0.3) is 0 Å². The third-order valence-corrected chi connectivity index (χ3v) is 12.6. The number of Topliss-reactive ketones (excluding diaryl/α,β-unsaturated/α-hetero) is 3. The van der Waals surface area contributed by atoms with E-state index in [1.807, 2.05) is 0 Å². The summed E-state index contributed by atoms with van der Waals surface area (Å²) < 4.78 is 73.1. The van der Waals surface area contributed by atoms with Gasteiger partial charge in [0.15, 0.2) is 34.8 Å². The lowest BCUT2D eigenvalue weighted by atomic mass is 9.82. The van der Waals surface area contributed by atoms with Crippen molar-refractivity contribution in [2.75, 3.05) is 0 Å². The molecule has 6 rings (SSSR count). The van der Waals surface area contributed by atoms with Crippen molar-refractivity contribution in [3.63, 3.8) is 0 Å². The highest BCUT2D eigenvalue weighted by Crippen LogP contribution is 2.32. The number of pyridine rings is 2. The van der Waals surface area contributed by atoms with Gasteiger partial charge in [-0.05, 0) is 73.2 Å². The molecule has 8 N–H and O–H groups in total. The van der Waals surface area contributed by atoms with Crippen molar-refractivity contribution in [3.8, 4) is 11.5 Å². The summed E-state index contributed by atoms with van der Waals surface area (Å²) in [4.78, 5) is 108. The van der Waals surface area contributed by atoms with Gasteiger partial charge < -0.3 is 41.8 Å². The predicted molar refractivity (Wildman–Crippen MR) is 259 cm³/mol. The molecule has 2 heterocycles. The van der Waals surface area contributed by atoms with Crippen LogP contribution in [0.1, 0.15) is 64.8 Å². The lowest BCUT2D eigenvalue weighted by Crippen LogP contribution is -2.62. The van der Waals surface area contributed by atoms with Gasteiger partial charge in [-0.1, -0.05) is 88.4 Å². The standard InChI is InChI=1S/C53H52F4N6O11/c1-27(2)52(58,39-23-19-29-11-5-7-17-35(29)60-39)50(71)62-37(21-25-41(64)65)43(68)48(73-46-31(54)13-9-14-32(46)55)45(70)49(74-47-33(56)15-10-16-34(47)57)44(69)38(22-26-42(66)67)63-51(72)53(59,28(3)4)40-24-20-30-12-6-8-18-36(30)61-40/h5-20,23-24,27-28,37-38,48-49H,21-22,25-26,58-59H2,1-4H3,(H,62,71)(H,63,72)(H,64,65)(H,66,67)/t37-,38-,48?,49?,52+,53+/m0/s1. The van der Waals surface area contributed by atoms with Crippen LogP contribution in [-0.2, 0) is 44.6 Å². The number of rotatable bonds is 24. The van der Waals surface area contributed by atoms with Crippen LogP contribution in [0.25, 0.3) is 21.8 Å². The monoisotopic (exact) mass is 1020 g/mol. The van der Waals surface area contributed by atoms with E-state index in [0.717, 1.165) is 12.1 Å². The number of nitrogens with zero attached hydrogens (tertiary/aromatic N) is 2. The number of hydrogen-bond donors (Lipinski definition) is 6. The predicted octanol–water partition coefficient (Wildman–Crippen LogP) is 5.96. The molecule has 6 atom stereocenters. The molecule has 0 saturated carbocycles. The molecule has 17 nitrogen and oxygen atoms in total. The number of aromatic nitrogens is 2. The van der Waals surface area contributed by atoms with E-state index in [2.05, 4.69) is 20.6 Å². The molecule has 0 spiro atoms. The fraction of sp³-hybridized carbons (Fsp3) is 0.302. The Morgan fingerprint density at radius 2 is 0.851 bits per heavy atom. The summed E-state index contributed by atoms with van der Waals surface area (Å²) in [6.07, 6.45) is -9.69. The Balaban J connectivity index is 1.49. The summed E-state index contributed by atoms with van der Waals surface area (Å²) in [6, 6.07) is 19.7. The number of carbonyl (C=O) groups excluding carboxylic acids is 5. The van der Waals surface area contributed by atoms with Crippen LogP contribution < -0.4 is 31.6 Å². The largest absolute Gasteiger partial charge is 0.481 e. The van der Waals surface area contributed by atoms with Gasteiger partial charge in [0, 0.05) is 23.6 Å². The van der Waals surface area contributed by atoms with Gasteiger partial charge in [0.05, 0.1) is 34.5 Å². The van der Waals surface area contributed by atoms with E-state index in [1.54, 1.807) is 60.7 Å². The van der Waals surface area contributed by atoms with Gasteiger partial charge in [-0.25, -0.2) is 17.6 Å². The van der Waals surface area contributed by atoms with Crippen LogP contribution in [-0.4, -0.2) is 85.6 Å². The summed E-state index contributed by atoms with van der Waals surface area (Å²) >= 11 is 0. The third-order valence-electron chi connectivity index (χ3n) is 12.6.